The third-order valence-corrected chi connectivity index (χ3v) is 4.00. The molecule has 1 heterocycles. The average Bonchev–Trinajstić information content (AvgIpc) is 3.04. The van der Waals surface area contributed by atoms with Crippen molar-refractivity contribution in [2.24, 2.45) is 0 Å². The minimum atomic E-state index is -0.927. The highest BCUT2D eigenvalue weighted by Crippen LogP contribution is 2.27. The number of halogens is 1. The van der Waals surface area contributed by atoms with Crippen LogP contribution < -0.4 is 10.6 Å². The van der Waals surface area contributed by atoms with Crippen LogP contribution in [0.3, 0.4) is 0 Å². The van der Waals surface area contributed by atoms with Crippen LogP contribution in [-0.2, 0) is 5.41 Å². The van der Waals surface area contributed by atoms with E-state index in [1.165, 1.54) is 24.3 Å². The van der Waals surface area contributed by atoms with Gasteiger partial charge in [-0.3, -0.25) is 0 Å². The van der Waals surface area contributed by atoms with E-state index in [0.717, 1.165) is 0 Å². The number of nitrogens with zero attached hydrogens (tertiary/aromatic N) is 1. The number of nitrogens with one attached hydrogen (secondary N) is 2. The standard InChI is InChI=1S/C20H22FN3O3/c1-20(2,3)18-24-15-10-14(8-9-17(15)27-18)23-19(26)22-11-16(25)12-4-6-13(21)7-5-12/h4-10,16,25H,11H2,1-3H3,(H2,22,23,26). The van der Waals surface area contributed by atoms with Crippen molar-refractivity contribution in [1.82, 2.24) is 10.3 Å². The molecule has 0 spiro atoms. The van der Waals surface area contributed by atoms with Crippen molar-refractivity contribution >= 4 is 22.8 Å². The predicted octanol–water partition coefficient (Wildman–Crippen LogP) is 4.12. The van der Waals surface area contributed by atoms with Gasteiger partial charge in [0, 0.05) is 17.6 Å². The lowest BCUT2D eigenvalue weighted by Crippen LogP contribution is -2.32. The number of aromatic nitrogens is 1. The van der Waals surface area contributed by atoms with Gasteiger partial charge in [-0.15, -0.1) is 0 Å². The Hall–Kier alpha value is -2.93. The zero-order chi connectivity index (χ0) is 19.6. The van der Waals surface area contributed by atoms with E-state index in [1.54, 1.807) is 18.2 Å². The summed E-state index contributed by atoms with van der Waals surface area (Å²) in [5.74, 6) is 0.246. The molecular formula is C20H22FN3O3. The molecule has 0 aliphatic rings. The van der Waals surface area contributed by atoms with Gasteiger partial charge in [-0.25, -0.2) is 14.2 Å². The molecule has 3 rings (SSSR count). The fourth-order valence-corrected chi connectivity index (χ4v) is 2.49. The number of benzene rings is 2. The maximum Gasteiger partial charge on any atom is 0.319 e. The summed E-state index contributed by atoms with van der Waals surface area (Å²) in [6, 6.07) is 10.2. The number of carbonyl (C=O) groups excluding carboxylic acids is 1. The molecule has 27 heavy (non-hydrogen) atoms. The van der Waals surface area contributed by atoms with Crippen LogP contribution in [0.4, 0.5) is 14.9 Å². The van der Waals surface area contributed by atoms with Crippen LogP contribution >= 0.6 is 0 Å². The maximum atomic E-state index is 12.9. The minimum Gasteiger partial charge on any atom is -0.440 e. The molecule has 3 aromatic rings. The number of oxazole rings is 1. The van der Waals surface area contributed by atoms with Crippen LogP contribution in [0.5, 0.6) is 0 Å². The molecular weight excluding hydrogens is 349 g/mol. The highest BCUT2D eigenvalue weighted by Gasteiger charge is 2.21. The Morgan fingerprint density at radius 3 is 2.59 bits per heavy atom. The number of amides is 2. The molecule has 7 heteroatoms. The molecule has 2 aromatic carbocycles. The Bertz CT molecular complexity index is 945. The summed E-state index contributed by atoms with van der Waals surface area (Å²) in [6.07, 6.45) is -0.927. The average molecular weight is 371 g/mol. The molecule has 0 aliphatic heterocycles. The van der Waals surface area contributed by atoms with Gasteiger partial charge in [0.25, 0.3) is 0 Å². The van der Waals surface area contributed by atoms with E-state index in [1.807, 2.05) is 20.8 Å². The van der Waals surface area contributed by atoms with Gasteiger partial charge in [0.2, 0.25) is 5.89 Å². The van der Waals surface area contributed by atoms with Crippen LogP contribution in [0.1, 0.15) is 38.3 Å². The van der Waals surface area contributed by atoms with Gasteiger partial charge in [0.15, 0.2) is 5.58 Å². The molecule has 0 aliphatic carbocycles. The van der Waals surface area contributed by atoms with Gasteiger partial charge in [-0.2, -0.15) is 0 Å². The Morgan fingerprint density at radius 1 is 1.22 bits per heavy atom. The summed E-state index contributed by atoms with van der Waals surface area (Å²) in [5.41, 5.74) is 2.18. The van der Waals surface area contributed by atoms with E-state index >= 15 is 0 Å². The van der Waals surface area contributed by atoms with Crippen molar-refractivity contribution in [3.8, 4) is 0 Å². The third kappa shape index (κ3) is 4.62. The van der Waals surface area contributed by atoms with Gasteiger partial charge in [0.05, 0.1) is 6.10 Å². The lowest BCUT2D eigenvalue weighted by Gasteiger charge is -2.13. The van der Waals surface area contributed by atoms with Crippen molar-refractivity contribution in [3.63, 3.8) is 0 Å². The molecule has 0 bridgehead atoms. The smallest absolute Gasteiger partial charge is 0.319 e. The van der Waals surface area contributed by atoms with Crippen molar-refractivity contribution in [2.45, 2.75) is 32.3 Å². The highest BCUT2D eigenvalue weighted by molar-refractivity contribution is 5.91. The second-order valence-corrected chi connectivity index (χ2v) is 7.35. The van der Waals surface area contributed by atoms with Gasteiger partial charge < -0.3 is 20.2 Å². The molecule has 1 atom stereocenters. The first kappa shape index (κ1) is 18.8. The number of aliphatic hydroxyl groups excluding tert-OH is 1. The maximum absolute atomic E-state index is 12.9. The fraction of sp³-hybridized carbons (Fsp3) is 0.300. The largest absolute Gasteiger partial charge is 0.440 e. The number of anilines is 1. The number of urea groups is 1. The molecule has 0 saturated heterocycles. The normalized spacial score (nSPS) is 12.8. The van der Waals surface area contributed by atoms with Crippen LogP contribution in [0.15, 0.2) is 46.9 Å². The quantitative estimate of drug-likeness (QED) is 0.644. The summed E-state index contributed by atoms with van der Waals surface area (Å²) in [7, 11) is 0. The van der Waals surface area contributed by atoms with Crippen molar-refractivity contribution in [3.05, 3.63) is 59.7 Å². The number of carbonyl (C=O) groups is 1. The van der Waals surface area contributed by atoms with Crippen LogP contribution in [-0.4, -0.2) is 22.7 Å². The fourth-order valence-electron chi connectivity index (χ4n) is 2.49. The summed E-state index contributed by atoms with van der Waals surface area (Å²) < 4.78 is 18.6. The van der Waals surface area contributed by atoms with Crippen LogP contribution in [0.25, 0.3) is 11.1 Å². The highest BCUT2D eigenvalue weighted by atomic mass is 19.1. The molecule has 142 valence electrons. The second kappa shape index (κ2) is 7.36. The first-order valence-corrected chi connectivity index (χ1v) is 8.62. The summed E-state index contributed by atoms with van der Waals surface area (Å²) in [6.45, 7) is 6.03. The number of hydrogen-bond donors (Lipinski definition) is 3. The number of rotatable bonds is 4. The van der Waals surface area contributed by atoms with E-state index < -0.39 is 12.1 Å². The molecule has 1 aromatic heterocycles. The second-order valence-electron chi connectivity index (χ2n) is 7.35. The number of fused-ring (bicyclic) bond motifs is 1. The van der Waals surface area contributed by atoms with E-state index in [9.17, 15) is 14.3 Å². The lowest BCUT2D eigenvalue weighted by atomic mass is 9.97. The molecule has 3 N–H and O–H groups in total. The van der Waals surface area contributed by atoms with Crippen LogP contribution in [0, 0.1) is 5.82 Å². The zero-order valence-electron chi connectivity index (χ0n) is 15.4. The zero-order valence-corrected chi connectivity index (χ0v) is 15.4. The number of hydrogen-bond acceptors (Lipinski definition) is 4. The lowest BCUT2D eigenvalue weighted by molar-refractivity contribution is 0.175. The first-order valence-electron chi connectivity index (χ1n) is 8.62. The topological polar surface area (TPSA) is 87.4 Å². The molecule has 0 radical (unpaired) electrons. The molecule has 2 amide bonds. The number of aliphatic hydroxyl groups is 1. The van der Waals surface area contributed by atoms with Gasteiger partial charge >= 0.3 is 6.03 Å². The van der Waals surface area contributed by atoms with Gasteiger partial charge in [-0.05, 0) is 35.9 Å². The summed E-state index contributed by atoms with van der Waals surface area (Å²) >= 11 is 0. The van der Waals surface area contributed by atoms with Gasteiger partial charge in [-0.1, -0.05) is 32.9 Å². The molecule has 1 unspecified atom stereocenters. The van der Waals surface area contributed by atoms with E-state index in [0.29, 0.717) is 28.2 Å². The first-order chi connectivity index (χ1) is 12.7. The van der Waals surface area contributed by atoms with Gasteiger partial charge in [0.1, 0.15) is 11.3 Å². The van der Waals surface area contributed by atoms with E-state index in [2.05, 4.69) is 15.6 Å². The Labute approximate surface area is 156 Å². The summed E-state index contributed by atoms with van der Waals surface area (Å²) in [5, 5.41) is 15.3. The predicted molar refractivity (Wildman–Crippen MR) is 101 cm³/mol. The monoisotopic (exact) mass is 371 g/mol. The summed E-state index contributed by atoms with van der Waals surface area (Å²) in [4.78, 5) is 16.5. The Kier molecular flexibility index (Phi) is 5.14. The van der Waals surface area contributed by atoms with Crippen molar-refractivity contribution in [2.75, 3.05) is 11.9 Å². The molecule has 6 nitrogen and oxygen atoms in total. The van der Waals surface area contributed by atoms with E-state index in [4.69, 9.17) is 4.42 Å². The SMILES string of the molecule is CC(C)(C)c1nc2cc(NC(=O)NCC(O)c3ccc(F)cc3)ccc2o1. The van der Waals surface area contributed by atoms with E-state index in [-0.39, 0.29) is 17.8 Å². The Morgan fingerprint density at radius 2 is 1.93 bits per heavy atom. The van der Waals surface area contributed by atoms with Crippen LogP contribution in [0.2, 0.25) is 0 Å². The third-order valence-electron chi connectivity index (χ3n) is 4.00. The van der Waals surface area contributed by atoms with Crippen molar-refractivity contribution < 1.29 is 18.7 Å². The molecule has 0 saturated carbocycles. The van der Waals surface area contributed by atoms with Crippen molar-refractivity contribution in [1.29, 1.82) is 0 Å². The minimum absolute atomic E-state index is 0.00214. The molecule has 0 fully saturated rings. The Balaban J connectivity index is 1.61.